The first-order chi connectivity index (χ1) is 17.8. The van der Waals surface area contributed by atoms with Crippen LogP contribution in [0.1, 0.15) is 124 Å². The van der Waals surface area contributed by atoms with Crippen molar-refractivity contribution in [1.82, 2.24) is 0 Å². The summed E-state index contributed by atoms with van der Waals surface area (Å²) >= 11 is -2.36. The van der Waals surface area contributed by atoms with Gasteiger partial charge in [0.2, 0.25) is 0 Å². The van der Waals surface area contributed by atoms with E-state index >= 15 is 0 Å². The average molecular weight is 657 g/mol. The van der Waals surface area contributed by atoms with Gasteiger partial charge in [-0.25, -0.2) is 0 Å². The summed E-state index contributed by atoms with van der Waals surface area (Å²) < 4.78 is 5.77. The minimum atomic E-state index is -2.36. The van der Waals surface area contributed by atoms with E-state index in [-0.39, 0.29) is 35.6 Å². The first-order valence-electron chi connectivity index (χ1n) is 15.2. The van der Waals surface area contributed by atoms with Gasteiger partial charge in [0, 0.05) is 0 Å². The maximum atomic E-state index is 2.64. The van der Waals surface area contributed by atoms with Crippen LogP contribution in [0.25, 0.3) is 11.1 Å². The molecule has 0 aliphatic heterocycles. The zero-order chi connectivity index (χ0) is 27.6. The van der Waals surface area contributed by atoms with Gasteiger partial charge in [0.05, 0.1) is 0 Å². The molecule has 1 fully saturated rings. The van der Waals surface area contributed by atoms with Crippen molar-refractivity contribution in [2.75, 3.05) is 0 Å². The van der Waals surface area contributed by atoms with Crippen LogP contribution in [0.15, 0.2) is 50.8 Å². The smallest absolute Gasteiger partial charge is 1.00 e. The van der Waals surface area contributed by atoms with Gasteiger partial charge in [-0.2, -0.15) is 0 Å². The molecule has 40 heavy (non-hydrogen) atoms. The summed E-state index contributed by atoms with van der Waals surface area (Å²) in [6.45, 7) is 24.2. The SMILES string of the molecule is CC1=[C]([Zr+2](=[C]2CCCCC2)[c]2c(C(C)(C)C)ccc3c2Cc2cc(C(C)(C)C)ccc2-3)C(C)C=C1C(C)C.[Cl-].[Cl-]. The first kappa shape index (κ1) is 33.8. The maximum absolute atomic E-state index is 2.64. The van der Waals surface area contributed by atoms with Gasteiger partial charge in [-0.05, 0) is 0 Å². The number of fused-ring (bicyclic) bond motifs is 3. The molecule has 0 bridgehead atoms. The second-order valence-electron chi connectivity index (χ2n) is 14.7. The molecule has 3 aliphatic rings. The third-order valence-electron chi connectivity index (χ3n) is 9.42. The summed E-state index contributed by atoms with van der Waals surface area (Å²) in [5, 5.41) is 0. The van der Waals surface area contributed by atoms with Crippen molar-refractivity contribution >= 4 is 6.48 Å². The van der Waals surface area contributed by atoms with E-state index < -0.39 is 21.3 Å². The van der Waals surface area contributed by atoms with Crippen molar-refractivity contribution < 1.29 is 46.1 Å². The zero-order valence-corrected chi connectivity index (χ0v) is 30.6. The minimum Gasteiger partial charge on any atom is -1.00 e. The minimum absolute atomic E-state index is 0. The third kappa shape index (κ3) is 6.15. The first-order valence-corrected chi connectivity index (χ1v) is 18.9. The number of hydrogen-bond donors (Lipinski definition) is 0. The summed E-state index contributed by atoms with van der Waals surface area (Å²) in [6, 6.07) is 12.4. The maximum Gasteiger partial charge on any atom is -1.00 e. The van der Waals surface area contributed by atoms with Crippen LogP contribution in [0.2, 0.25) is 0 Å². The summed E-state index contributed by atoms with van der Waals surface area (Å²) in [7, 11) is 0. The summed E-state index contributed by atoms with van der Waals surface area (Å²) in [6.07, 6.45) is 10.7. The number of benzene rings is 2. The molecule has 0 nitrogen and oxygen atoms in total. The van der Waals surface area contributed by atoms with E-state index in [1.54, 1.807) is 33.4 Å². The summed E-state index contributed by atoms with van der Waals surface area (Å²) in [5.74, 6) is 1.20. The molecule has 2 aromatic carbocycles. The molecule has 3 heteroatoms. The molecule has 0 amide bonds. The van der Waals surface area contributed by atoms with E-state index in [1.165, 1.54) is 43.2 Å². The Hall–Kier alpha value is -0.747. The van der Waals surface area contributed by atoms with E-state index in [4.69, 9.17) is 0 Å². The van der Waals surface area contributed by atoms with Crippen LogP contribution in [0, 0.1) is 11.8 Å². The van der Waals surface area contributed by atoms with Gasteiger partial charge < -0.3 is 24.8 Å². The van der Waals surface area contributed by atoms with E-state index in [1.807, 2.05) is 9.76 Å². The van der Waals surface area contributed by atoms with E-state index in [2.05, 4.69) is 106 Å². The predicted molar refractivity (Wildman–Crippen MR) is 165 cm³/mol. The Morgan fingerprint density at radius 1 is 0.825 bits per heavy atom. The van der Waals surface area contributed by atoms with Crippen LogP contribution in [0.3, 0.4) is 0 Å². The Morgan fingerprint density at radius 3 is 2.00 bits per heavy atom. The van der Waals surface area contributed by atoms with Crippen LogP contribution < -0.4 is 28.1 Å². The Kier molecular flexibility index (Phi) is 10.5. The normalized spacial score (nSPS) is 18.5. The molecule has 0 N–H and O–H groups in total. The number of allylic oxidation sites excluding steroid dienone is 4. The Bertz CT molecular complexity index is 1360. The molecule has 216 valence electrons. The van der Waals surface area contributed by atoms with Crippen molar-refractivity contribution in [3.05, 3.63) is 73.1 Å². The molecule has 1 atom stereocenters. The fourth-order valence-corrected chi connectivity index (χ4v) is 17.6. The molecule has 0 aromatic heterocycles. The molecule has 0 spiro atoms. The van der Waals surface area contributed by atoms with Crippen molar-refractivity contribution in [3.8, 4) is 11.1 Å². The predicted octanol–water partition coefficient (Wildman–Crippen LogP) is 3.75. The second-order valence-corrected chi connectivity index (χ2v) is 20.8. The van der Waals surface area contributed by atoms with Gasteiger partial charge in [-0.3, -0.25) is 0 Å². The van der Waals surface area contributed by atoms with Gasteiger partial charge in [0.1, 0.15) is 0 Å². The molecule has 0 saturated heterocycles. The van der Waals surface area contributed by atoms with Gasteiger partial charge in [-0.15, -0.1) is 0 Å². The molecule has 1 saturated carbocycles. The average Bonchev–Trinajstić information content (AvgIpc) is 3.36. The van der Waals surface area contributed by atoms with Crippen molar-refractivity contribution in [3.63, 3.8) is 0 Å². The standard InChI is InChI=1S/C21H25.C10H15.C6H10.2ClH.Zr/c1-20(2,3)16-7-9-18-14(12-16)11-15-13-17(21(4,5)6)8-10-19(15)18;1-7(2)10-6-8(3)5-9(10)4;1-2-4-6-5-3-1;;;/h7-10,12H,11H2,1-6H3;6-8H,1-4H3;1-5H2;2*1H;/q;;;;;+2/p-2. The Morgan fingerprint density at radius 2 is 1.45 bits per heavy atom. The van der Waals surface area contributed by atoms with Crippen LogP contribution in [-0.2, 0) is 38.5 Å². The molecule has 3 aliphatic carbocycles. The van der Waals surface area contributed by atoms with Crippen LogP contribution in [-0.4, -0.2) is 3.21 Å². The van der Waals surface area contributed by atoms with E-state index in [9.17, 15) is 0 Å². The quantitative estimate of drug-likeness (QED) is 0.403. The molecular weight excluding hydrogens is 607 g/mol. The largest absolute Gasteiger partial charge is 1.00 e. The zero-order valence-electron chi connectivity index (χ0n) is 26.6. The van der Waals surface area contributed by atoms with Gasteiger partial charge in [0.15, 0.2) is 0 Å². The molecular formula is C37H50Cl2Zr. The van der Waals surface area contributed by atoms with Gasteiger partial charge in [0.25, 0.3) is 0 Å². The van der Waals surface area contributed by atoms with Crippen LogP contribution in [0.5, 0.6) is 0 Å². The Labute approximate surface area is 265 Å². The van der Waals surface area contributed by atoms with Crippen LogP contribution in [0.4, 0.5) is 0 Å². The monoisotopic (exact) mass is 654 g/mol. The number of halogens is 2. The Balaban J connectivity index is 0.00000220. The fourth-order valence-electron chi connectivity index (χ4n) is 7.40. The molecule has 0 radical (unpaired) electrons. The van der Waals surface area contributed by atoms with Crippen molar-refractivity contribution in [1.29, 1.82) is 0 Å². The van der Waals surface area contributed by atoms with Crippen molar-refractivity contribution in [2.24, 2.45) is 11.8 Å². The number of hydrogen-bond acceptors (Lipinski definition) is 0. The van der Waals surface area contributed by atoms with Gasteiger partial charge in [-0.1, -0.05) is 0 Å². The van der Waals surface area contributed by atoms with Crippen LogP contribution >= 0.6 is 0 Å². The molecule has 1 unspecified atom stereocenters. The summed E-state index contributed by atoms with van der Waals surface area (Å²) in [5.41, 5.74) is 13.1. The number of rotatable bonds is 3. The second kappa shape index (κ2) is 12.5. The van der Waals surface area contributed by atoms with Crippen molar-refractivity contribution in [2.45, 2.75) is 119 Å². The topological polar surface area (TPSA) is 0 Å². The molecule has 0 heterocycles. The van der Waals surface area contributed by atoms with Gasteiger partial charge >= 0.3 is 242 Å². The third-order valence-corrected chi connectivity index (χ3v) is 18.4. The van der Waals surface area contributed by atoms with E-state index in [0.717, 1.165) is 6.42 Å². The summed E-state index contributed by atoms with van der Waals surface area (Å²) in [4.78, 5) is 0. The van der Waals surface area contributed by atoms with E-state index in [0.29, 0.717) is 11.8 Å². The molecule has 2 aromatic rings. The fraction of sp³-hybridized carbons (Fsp3) is 0.541. The molecule has 5 rings (SSSR count).